The second-order valence-corrected chi connectivity index (χ2v) is 6.92. The van der Waals surface area contributed by atoms with Crippen molar-refractivity contribution in [2.75, 3.05) is 17.8 Å². The lowest BCUT2D eigenvalue weighted by Gasteiger charge is -2.22. The fourth-order valence-corrected chi connectivity index (χ4v) is 4.34. The Morgan fingerprint density at radius 3 is 2.94 bits per heavy atom. The van der Waals surface area contributed by atoms with E-state index in [1.54, 1.807) is 0 Å². The Labute approximate surface area is 107 Å². The summed E-state index contributed by atoms with van der Waals surface area (Å²) in [5.74, 6) is 2.45. The van der Waals surface area contributed by atoms with Crippen molar-refractivity contribution in [3.8, 4) is 0 Å². The lowest BCUT2D eigenvalue weighted by atomic mass is 10.0. The molecule has 1 atom stereocenters. The van der Waals surface area contributed by atoms with E-state index >= 15 is 0 Å². The van der Waals surface area contributed by atoms with Gasteiger partial charge in [0.1, 0.15) is 0 Å². The number of thioether (sulfide) groups is 2. The molecule has 92 valence electrons. The first-order chi connectivity index (χ1) is 7.74. The number of amidine groups is 1. The third kappa shape index (κ3) is 3.10. The fraction of sp³-hybridized carbons (Fsp3) is 0.917. The molecule has 4 heteroatoms. The maximum atomic E-state index is 4.79. The van der Waals surface area contributed by atoms with Gasteiger partial charge in [0.15, 0.2) is 5.17 Å². The Morgan fingerprint density at radius 1 is 1.50 bits per heavy atom. The molecule has 1 N–H and O–H groups in total. The van der Waals surface area contributed by atoms with E-state index in [0.717, 1.165) is 0 Å². The van der Waals surface area contributed by atoms with Gasteiger partial charge in [-0.3, -0.25) is 4.99 Å². The minimum atomic E-state index is 0.419. The highest BCUT2D eigenvalue weighted by Crippen LogP contribution is 2.37. The zero-order valence-corrected chi connectivity index (χ0v) is 11.9. The van der Waals surface area contributed by atoms with Crippen LogP contribution in [0.15, 0.2) is 4.99 Å². The number of hydrogen-bond acceptors (Lipinski definition) is 3. The van der Waals surface area contributed by atoms with Gasteiger partial charge in [-0.25, -0.2) is 0 Å². The first-order valence-electron chi connectivity index (χ1n) is 6.22. The summed E-state index contributed by atoms with van der Waals surface area (Å²) in [6.45, 7) is 2.23. The summed E-state index contributed by atoms with van der Waals surface area (Å²) in [4.78, 5) is 4.79. The van der Waals surface area contributed by atoms with Crippen LogP contribution in [0, 0.1) is 0 Å². The van der Waals surface area contributed by atoms with Crippen molar-refractivity contribution in [1.29, 1.82) is 0 Å². The maximum absolute atomic E-state index is 4.79. The zero-order valence-electron chi connectivity index (χ0n) is 10.3. The Kier molecular flexibility index (Phi) is 4.48. The number of hydrogen-bond donors (Lipinski definition) is 1. The molecule has 1 saturated heterocycles. The predicted molar refractivity (Wildman–Crippen MR) is 76.7 cm³/mol. The standard InChI is InChI=1S/C12H22N2S2/c1-10(5-8-15-2)13-11-14-12(9-16-11)6-3-4-7-12/h10H,3-9H2,1-2H3,(H,13,14). The smallest absolute Gasteiger partial charge is 0.157 e. The molecule has 0 radical (unpaired) electrons. The molecule has 2 rings (SSSR count). The second kappa shape index (κ2) is 5.67. The van der Waals surface area contributed by atoms with Crippen molar-refractivity contribution in [2.45, 2.75) is 50.6 Å². The van der Waals surface area contributed by atoms with Crippen molar-refractivity contribution < 1.29 is 0 Å². The van der Waals surface area contributed by atoms with Crippen LogP contribution in [0.25, 0.3) is 0 Å². The normalized spacial score (nSPS) is 27.5. The summed E-state index contributed by atoms with van der Waals surface area (Å²) >= 11 is 3.84. The monoisotopic (exact) mass is 258 g/mol. The SMILES string of the molecule is CSCCC(C)N=C1NC2(CCCC2)CS1. The molecule has 1 spiro atoms. The molecule has 2 nitrogen and oxygen atoms in total. The van der Waals surface area contributed by atoms with Crippen molar-refractivity contribution >= 4 is 28.7 Å². The van der Waals surface area contributed by atoms with Crippen LogP contribution in [0.1, 0.15) is 39.0 Å². The number of nitrogens with one attached hydrogen (secondary N) is 1. The van der Waals surface area contributed by atoms with Crippen LogP contribution in [0.5, 0.6) is 0 Å². The largest absolute Gasteiger partial charge is 0.359 e. The van der Waals surface area contributed by atoms with Gasteiger partial charge in [0.05, 0.1) is 6.04 Å². The van der Waals surface area contributed by atoms with Crippen LogP contribution in [-0.2, 0) is 0 Å². The molecule has 16 heavy (non-hydrogen) atoms. The third-order valence-electron chi connectivity index (χ3n) is 3.50. The molecule has 1 unspecified atom stereocenters. The maximum Gasteiger partial charge on any atom is 0.157 e. The average molecular weight is 258 g/mol. The molecule has 1 aliphatic carbocycles. The van der Waals surface area contributed by atoms with E-state index in [4.69, 9.17) is 4.99 Å². The van der Waals surface area contributed by atoms with E-state index in [1.165, 1.54) is 48.8 Å². The van der Waals surface area contributed by atoms with Crippen LogP contribution < -0.4 is 5.32 Å². The molecule has 0 bridgehead atoms. The Hall–Kier alpha value is 0.170. The summed E-state index contributed by atoms with van der Waals surface area (Å²) in [5.41, 5.74) is 0.419. The molecule has 2 aliphatic rings. The van der Waals surface area contributed by atoms with Gasteiger partial charge in [-0.2, -0.15) is 11.8 Å². The zero-order chi connectivity index (χ0) is 11.4. The molecule has 0 aromatic carbocycles. The first kappa shape index (κ1) is 12.6. The van der Waals surface area contributed by atoms with E-state index in [1.807, 2.05) is 23.5 Å². The summed E-state index contributed by atoms with van der Waals surface area (Å²) in [6, 6.07) is 0.471. The molecule has 0 aromatic heterocycles. The van der Waals surface area contributed by atoms with E-state index in [9.17, 15) is 0 Å². The predicted octanol–water partition coefficient (Wildman–Crippen LogP) is 3.13. The molecule has 0 amide bonds. The lowest BCUT2D eigenvalue weighted by Crippen LogP contribution is -2.40. The second-order valence-electron chi connectivity index (χ2n) is 4.97. The van der Waals surface area contributed by atoms with Crippen molar-refractivity contribution in [2.24, 2.45) is 4.99 Å². The summed E-state index contributed by atoms with van der Waals surface area (Å²) < 4.78 is 0. The number of rotatable bonds is 4. The third-order valence-corrected chi connectivity index (χ3v) is 5.32. The van der Waals surface area contributed by atoms with E-state index in [-0.39, 0.29) is 0 Å². The van der Waals surface area contributed by atoms with Crippen LogP contribution in [0.3, 0.4) is 0 Å². The molecule has 1 saturated carbocycles. The summed E-state index contributed by atoms with van der Waals surface area (Å²) in [7, 11) is 0. The van der Waals surface area contributed by atoms with Gasteiger partial charge in [-0.1, -0.05) is 24.6 Å². The van der Waals surface area contributed by atoms with E-state index in [0.29, 0.717) is 11.6 Å². The quantitative estimate of drug-likeness (QED) is 0.838. The van der Waals surface area contributed by atoms with Gasteiger partial charge in [-0.05, 0) is 38.2 Å². The van der Waals surface area contributed by atoms with Crippen molar-refractivity contribution in [3.63, 3.8) is 0 Å². The van der Waals surface area contributed by atoms with Crippen molar-refractivity contribution in [3.05, 3.63) is 0 Å². The minimum absolute atomic E-state index is 0.419. The molecule has 1 aliphatic heterocycles. The highest BCUT2D eigenvalue weighted by atomic mass is 32.2. The Morgan fingerprint density at radius 2 is 2.25 bits per heavy atom. The molecule has 1 heterocycles. The van der Waals surface area contributed by atoms with E-state index in [2.05, 4.69) is 18.5 Å². The number of nitrogens with zero attached hydrogens (tertiary/aromatic N) is 1. The highest BCUT2D eigenvalue weighted by molar-refractivity contribution is 8.14. The van der Waals surface area contributed by atoms with Crippen LogP contribution >= 0.6 is 23.5 Å². The van der Waals surface area contributed by atoms with Crippen molar-refractivity contribution in [1.82, 2.24) is 5.32 Å². The van der Waals surface area contributed by atoms with Gasteiger partial charge in [0, 0.05) is 11.3 Å². The Bertz CT molecular complexity index is 260. The van der Waals surface area contributed by atoms with E-state index < -0.39 is 0 Å². The highest BCUT2D eigenvalue weighted by Gasteiger charge is 2.39. The fourth-order valence-electron chi connectivity index (χ4n) is 2.45. The first-order valence-corrected chi connectivity index (χ1v) is 8.60. The molecule has 0 aromatic rings. The van der Waals surface area contributed by atoms with Crippen LogP contribution in [-0.4, -0.2) is 34.5 Å². The molecule has 2 fully saturated rings. The average Bonchev–Trinajstić information content (AvgIpc) is 2.87. The topological polar surface area (TPSA) is 24.4 Å². The molecular weight excluding hydrogens is 236 g/mol. The minimum Gasteiger partial charge on any atom is -0.359 e. The Balaban J connectivity index is 1.85. The van der Waals surface area contributed by atoms with Gasteiger partial charge >= 0.3 is 0 Å². The van der Waals surface area contributed by atoms with Gasteiger partial charge in [0.2, 0.25) is 0 Å². The van der Waals surface area contributed by atoms with Crippen LogP contribution in [0.2, 0.25) is 0 Å². The van der Waals surface area contributed by atoms with Crippen LogP contribution in [0.4, 0.5) is 0 Å². The number of aliphatic imine (C=N–C) groups is 1. The van der Waals surface area contributed by atoms with Gasteiger partial charge in [0.25, 0.3) is 0 Å². The van der Waals surface area contributed by atoms with Gasteiger partial charge < -0.3 is 5.32 Å². The summed E-state index contributed by atoms with van der Waals surface area (Å²) in [6.07, 6.45) is 8.83. The lowest BCUT2D eigenvalue weighted by molar-refractivity contribution is 0.452. The summed E-state index contributed by atoms with van der Waals surface area (Å²) in [5, 5.41) is 4.88. The molecular formula is C12H22N2S2. The van der Waals surface area contributed by atoms with Gasteiger partial charge in [-0.15, -0.1) is 0 Å².